The fourth-order valence-corrected chi connectivity index (χ4v) is 2.31. The number of rotatable bonds is 8. The van der Waals surface area contributed by atoms with Crippen LogP contribution < -0.4 is 10.2 Å². The SMILES string of the molecule is C=CCC(O)(CC=C)C(C)Nc1nc2nonc2nc1N(C)C. The van der Waals surface area contributed by atoms with E-state index in [1.54, 1.807) is 17.1 Å². The van der Waals surface area contributed by atoms with Gasteiger partial charge in [0.25, 0.3) is 0 Å². The van der Waals surface area contributed by atoms with Crippen LogP contribution in [0.1, 0.15) is 19.8 Å². The number of hydrogen-bond donors (Lipinski definition) is 2. The number of anilines is 2. The Bertz CT molecular complexity index is 686. The van der Waals surface area contributed by atoms with Crippen molar-refractivity contribution in [2.24, 2.45) is 0 Å². The van der Waals surface area contributed by atoms with E-state index in [0.29, 0.717) is 35.8 Å². The lowest BCUT2D eigenvalue weighted by molar-refractivity contribution is 0.0315. The number of aromatic nitrogens is 4. The Morgan fingerprint density at radius 2 is 1.78 bits per heavy atom. The summed E-state index contributed by atoms with van der Waals surface area (Å²) >= 11 is 0. The summed E-state index contributed by atoms with van der Waals surface area (Å²) in [6.07, 6.45) is 4.22. The first kappa shape index (κ1) is 16.9. The molecule has 0 saturated carbocycles. The van der Waals surface area contributed by atoms with Gasteiger partial charge < -0.3 is 15.3 Å². The van der Waals surface area contributed by atoms with Crippen LogP contribution in [0.5, 0.6) is 0 Å². The molecular formula is C15H22N6O2. The maximum atomic E-state index is 10.8. The van der Waals surface area contributed by atoms with E-state index in [-0.39, 0.29) is 6.04 Å². The second-order valence-electron chi connectivity index (χ2n) is 5.66. The Kier molecular flexibility index (Phi) is 4.95. The zero-order valence-corrected chi connectivity index (χ0v) is 13.7. The molecule has 2 rings (SSSR count). The van der Waals surface area contributed by atoms with Crippen molar-refractivity contribution < 1.29 is 9.74 Å². The van der Waals surface area contributed by atoms with Crippen LogP contribution in [0, 0.1) is 0 Å². The maximum Gasteiger partial charge on any atom is 0.245 e. The fraction of sp³-hybridized carbons (Fsp3) is 0.467. The van der Waals surface area contributed by atoms with Crippen LogP contribution in [0.25, 0.3) is 11.3 Å². The van der Waals surface area contributed by atoms with Crippen molar-refractivity contribution in [1.29, 1.82) is 0 Å². The summed E-state index contributed by atoms with van der Waals surface area (Å²) < 4.78 is 4.66. The standard InChI is InChI=1S/C15H22N6O2/c1-6-8-15(22,9-7-2)10(3)16-13-14(21(4)5)18-12-11(17-13)19-23-20-12/h6-7,10,22H,1-2,8-9H2,3-5H3,(H,16,17,19). The summed E-state index contributed by atoms with van der Waals surface area (Å²) in [4.78, 5) is 10.6. The van der Waals surface area contributed by atoms with E-state index >= 15 is 0 Å². The second-order valence-corrected chi connectivity index (χ2v) is 5.66. The zero-order valence-electron chi connectivity index (χ0n) is 13.7. The molecule has 2 aromatic rings. The van der Waals surface area contributed by atoms with Crippen molar-refractivity contribution in [1.82, 2.24) is 20.3 Å². The van der Waals surface area contributed by atoms with Gasteiger partial charge in [-0.15, -0.1) is 13.2 Å². The average Bonchev–Trinajstić information content (AvgIpc) is 2.93. The Hall–Kier alpha value is -2.48. The van der Waals surface area contributed by atoms with E-state index in [0.717, 1.165) is 0 Å². The molecular weight excluding hydrogens is 296 g/mol. The smallest absolute Gasteiger partial charge is 0.245 e. The number of fused-ring (bicyclic) bond motifs is 1. The van der Waals surface area contributed by atoms with Crippen molar-refractivity contribution in [3.63, 3.8) is 0 Å². The molecule has 0 aromatic carbocycles. The van der Waals surface area contributed by atoms with Gasteiger partial charge in [0.1, 0.15) is 0 Å². The molecule has 0 fully saturated rings. The zero-order chi connectivity index (χ0) is 17.0. The Balaban J connectivity index is 2.36. The number of aliphatic hydroxyl groups is 1. The van der Waals surface area contributed by atoms with Gasteiger partial charge in [0, 0.05) is 14.1 Å². The highest BCUT2D eigenvalue weighted by molar-refractivity contribution is 5.73. The molecule has 124 valence electrons. The molecule has 0 amide bonds. The average molecular weight is 318 g/mol. The molecule has 23 heavy (non-hydrogen) atoms. The molecule has 0 aliphatic rings. The van der Waals surface area contributed by atoms with Gasteiger partial charge in [-0.05, 0) is 30.1 Å². The third-order valence-corrected chi connectivity index (χ3v) is 3.67. The lowest BCUT2D eigenvalue weighted by atomic mass is 9.88. The molecule has 1 unspecified atom stereocenters. The number of hydrogen-bond acceptors (Lipinski definition) is 8. The molecule has 0 aliphatic carbocycles. The van der Waals surface area contributed by atoms with Crippen LogP contribution >= 0.6 is 0 Å². The van der Waals surface area contributed by atoms with E-state index in [1.807, 2.05) is 21.0 Å². The summed E-state index contributed by atoms with van der Waals surface area (Å²) in [5, 5.41) is 21.5. The van der Waals surface area contributed by atoms with E-state index in [9.17, 15) is 5.11 Å². The van der Waals surface area contributed by atoms with Gasteiger partial charge in [-0.25, -0.2) is 14.6 Å². The molecule has 8 heteroatoms. The predicted octanol–water partition coefficient (Wildman–Crippen LogP) is 1.76. The van der Waals surface area contributed by atoms with Gasteiger partial charge in [-0.3, -0.25) is 0 Å². The number of nitrogens with one attached hydrogen (secondary N) is 1. The fourth-order valence-electron chi connectivity index (χ4n) is 2.31. The van der Waals surface area contributed by atoms with Gasteiger partial charge in [-0.1, -0.05) is 12.2 Å². The summed E-state index contributed by atoms with van der Waals surface area (Å²) in [7, 11) is 3.69. The van der Waals surface area contributed by atoms with Crippen LogP contribution in [-0.2, 0) is 0 Å². The Labute approximate surface area is 134 Å². The Morgan fingerprint density at radius 3 is 2.30 bits per heavy atom. The molecule has 0 spiro atoms. The summed E-state index contributed by atoms with van der Waals surface area (Å²) in [5.74, 6) is 1.08. The lowest BCUT2D eigenvalue weighted by Gasteiger charge is -2.34. The summed E-state index contributed by atoms with van der Waals surface area (Å²) in [5.41, 5.74) is -0.383. The molecule has 0 aliphatic heterocycles. The molecule has 0 bridgehead atoms. The number of nitrogens with zero attached hydrogens (tertiary/aromatic N) is 5. The van der Waals surface area contributed by atoms with Crippen LogP contribution in [0.3, 0.4) is 0 Å². The minimum atomic E-state index is -1.02. The second kappa shape index (κ2) is 6.74. The van der Waals surface area contributed by atoms with Crippen molar-refractivity contribution in [2.45, 2.75) is 31.4 Å². The van der Waals surface area contributed by atoms with Crippen molar-refractivity contribution in [3.05, 3.63) is 25.3 Å². The molecule has 2 aromatic heterocycles. The summed E-state index contributed by atoms with van der Waals surface area (Å²) in [6, 6.07) is -0.316. The largest absolute Gasteiger partial charge is 0.387 e. The van der Waals surface area contributed by atoms with Crippen molar-refractivity contribution in [3.8, 4) is 0 Å². The molecule has 2 N–H and O–H groups in total. The van der Waals surface area contributed by atoms with Gasteiger partial charge >= 0.3 is 0 Å². The minimum Gasteiger partial charge on any atom is -0.387 e. The van der Waals surface area contributed by atoms with Gasteiger partial charge in [0.05, 0.1) is 11.6 Å². The highest BCUT2D eigenvalue weighted by Gasteiger charge is 2.32. The first-order valence-corrected chi connectivity index (χ1v) is 7.29. The maximum absolute atomic E-state index is 10.8. The van der Waals surface area contributed by atoms with Crippen LogP contribution in [0.15, 0.2) is 29.9 Å². The van der Waals surface area contributed by atoms with Crippen LogP contribution in [0.2, 0.25) is 0 Å². The third-order valence-electron chi connectivity index (χ3n) is 3.67. The van der Waals surface area contributed by atoms with Gasteiger partial charge in [0.15, 0.2) is 11.6 Å². The highest BCUT2D eigenvalue weighted by Crippen LogP contribution is 2.28. The minimum absolute atomic E-state index is 0.307. The van der Waals surface area contributed by atoms with Crippen LogP contribution in [-0.4, -0.2) is 51.1 Å². The molecule has 2 heterocycles. The normalized spacial score (nSPS) is 12.9. The quantitative estimate of drug-likeness (QED) is 0.710. The van der Waals surface area contributed by atoms with E-state index in [1.165, 1.54) is 0 Å². The first-order chi connectivity index (χ1) is 10.9. The summed E-state index contributed by atoms with van der Waals surface area (Å²) in [6.45, 7) is 9.29. The first-order valence-electron chi connectivity index (χ1n) is 7.29. The molecule has 8 nitrogen and oxygen atoms in total. The highest BCUT2D eigenvalue weighted by atomic mass is 16.6. The van der Waals surface area contributed by atoms with Crippen LogP contribution in [0.4, 0.5) is 11.6 Å². The monoisotopic (exact) mass is 318 g/mol. The van der Waals surface area contributed by atoms with Gasteiger partial charge in [0.2, 0.25) is 11.3 Å². The predicted molar refractivity (Wildman–Crippen MR) is 89.4 cm³/mol. The molecule has 1 atom stereocenters. The lowest BCUT2D eigenvalue weighted by Crippen LogP contribution is -2.44. The van der Waals surface area contributed by atoms with Crippen molar-refractivity contribution >= 4 is 22.9 Å². The molecule has 0 saturated heterocycles. The molecule has 0 radical (unpaired) electrons. The van der Waals surface area contributed by atoms with Crippen molar-refractivity contribution in [2.75, 3.05) is 24.3 Å². The van der Waals surface area contributed by atoms with E-state index < -0.39 is 5.60 Å². The van der Waals surface area contributed by atoms with Gasteiger partial charge in [-0.2, -0.15) is 0 Å². The topological polar surface area (TPSA) is 100 Å². The third kappa shape index (κ3) is 3.48. The Morgan fingerprint density at radius 1 is 1.22 bits per heavy atom. The van der Waals surface area contributed by atoms with E-state index in [4.69, 9.17) is 0 Å². The van der Waals surface area contributed by atoms with E-state index in [2.05, 4.69) is 43.4 Å².